The highest BCUT2D eigenvalue weighted by Gasteiger charge is 2.29. The van der Waals surface area contributed by atoms with Crippen molar-refractivity contribution in [1.82, 2.24) is 0 Å². The van der Waals surface area contributed by atoms with E-state index >= 15 is 0 Å². The first-order valence-electron chi connectivity index (χ1n) is 11.3. The van der Waals surface area contributed by atoms with Crippen molar-refractivity contribution in [2.75, 3.05) is 13.2 Å². The third-order valence-electron chi connectivity index (χ3n) is 5.66. The molecule has 0 aromatic heterocycles. The average Bonchev–Trinajstić information content (AvgIpc) is 2.69. The topological polar surface area (TPSA) is 89.6 Å². The quantitative estimate of drug-likeness (QED) is 0.188. The Morgan fingerprint density at radius 2 is 1.31 bits per heavy atom. The van der Waals surface area contributed by atoms with Crippen LogP contribution < -0.4 is 0 Å². The Bertz CT molecular complexity index is 476. The Balaban J connectivity index is 3.93. The molecule has 0 bridgehead atoms. The lowest BCUT2D eigenvalue weighted by Gasteiger charge is -2.14. The molecule has 4 unspecified atom stereocenters. The van der Waals surface area contributed by atoms with Gasteiger partial charge in [-0.3, -0.25) is 9.59 Å². The van der Waals surface area contributed by atoms with Crippen molar-refractivity contribution in [3.63, 3.8) is 0 Å². The fourth-order valence-corrected chi connectivity index (χ4v) is 2.89. The van der Waals surface area contributed by atoms with Gasteiger partial charge in [0, 0.05) is 0 Å². The van der Waals surface area contributed by atoms with E-state index in [-0.39, 0.29) is 24.9 Å². The number of esters is 2. The highest BCUT2D eigenvalue weighted by Crippen LogP contribution is 2.18. The molecule has 0 aromatic carbocycles. The molecule has 1 radical (unpaired) electrons. The van der Waals surface area contributed by atoms with Crippen molar-refractivity contribution >= 4 is 17.9 Å². The van der Waals surface area contributed by atoms with Crippen LogP contribution in [0.15, 0.2) is 0 Å². The van der Waals surface area contributed by atoms with Crippen molar-refractivity contribution in [1.29, 1.82) is 0 Å². The summed E-state index contributed by atoms with van der Waals surface area (Å²) in [6, 6.07) is 0. The van der Waals surface area contributed by atoms with Gasteiger partial charge in [-0.05, 0) is 43.9 Å². The molecule has 29 heavy (non-hydrogen) atoms. The minimum Gasteiger partial charge on any atom is -0.465 e. The monoisotopic (exact) mass is 413 g/mol. The molecule has 0 fully saturated rings. The van der Waals surface area contributed by atoms with Gasteiger partial charge in [-0.1, -0.05) is 60.3 Å². The summed E-state index contributed by atoms with van der Waals surface area (Å²) < 4.78 is 10.4. The van der Waals surface area contributed by atoms with Crippen LogP contribution in [0.3, 0.4) is 0 Å². The molecular formula is C23H41O6. The van der Waals surface area contributed by atoms with Crippen LogP contribution in [-0.4, -0.2) is 31.1 Å². The predicted molar refractivity (Wildman–Crippen MR) is 111 cm³/mol. The maximum Gasteiger partial charge on any atom is 0.369 e. The molecule has 6 nitrogen and oxygen atoms in total. The highest BCUT2D eigenvalue weighted by atomic mass is 16.5. The predicted octanol–water partition coefficient (Wildman–Crippen LogP) is 5.11. The Morgan fingerprint density at radius 3 is 1.90 bits per heavy atom. The summed E-state index contributed by atoms with van der Waals surface area (Å²) >= 11 is 0. The first-order valence-corrected chi connectivity index (χ1v) is 11.3. The Morgan fingerprint density at radius 1 is 0.690 bits per heavy atom. The molecule has 0 saturated carbocycles. The first-order chi connectivity index (χ1) is 13.7. The number of unbranched alkanes of at least 4 members (excludes halogenated alkanes) is 1. The van der Waals surface area contributed by atoms with Crippen LogP contribution in [-0.2, 0) is 29.0 Å². The van der Waals surface area contributed by atoms with Crippen LogP contribution in [0.5, 0.6) is 0 Å². The van der Waals surface area contributed by atoms with Crippen molar-refractivity contribution in [2.24, 2.45) is 23.7 Å². The van der Waals surface area contributed by atoms with Gasteiger partial charge in [0.05, 0.1) is 19.1 Å². The second-order valence-corrected chi connectivity index (χ2v) is 8.35. The van der Waals surface area contributed by atoms with Crippen LogP contribution >= 0.6 is 0 Å². The smallest absolute Gasteiger partial charge is 0.369 e. The summed E-state index contributed by atoms with van der Waals surface area (Å²) in [6.07, 6.45) is 7.00. The van der Waals surface area contributed by atoms with E-state index in [1.165, 1.54) is 0 Å². The van der Waals surface area contributed by atoms with E-state index in [0.29, 0.717) is 31.3 Å². The molecule has 0 spiro atoms. The Kier molecular flexibility index (Phi) is 15.3. The largest absolute Gasteiger partial charge is 0.465 e. The van der Waals surface area contributed by atoms with Crippen LogP contribution in [0.1, 0.15) is 92.4 Å². The summed E-state index contributed by atoms with van der Waals surface area (Å²) in [7, 11) is 0. The number of carbonyl (C=O) groups is 3. The lowest BCUT2D eigenvalue weighted by atomic mass is 9.96. The number of rotatable bonds is 17. The number of hydrogen-bond donors (Lipinski definition) is 0. The van der Waals surface area contributed by atoms with Crippen LogP contribution in [0, 0.1) is 23.7 Å². The van der Waals surface area contributed by atoms with E-state index in [9.17, 15) is 19.5 Å². The minimum atomic E-state index is -1.35. The molecule has 0 N–H and O–H groups in total. The third kappa shape index (κ3) is 13.3. The summed E-state index contributed by atoms with van der Waals surface area (Å²) in [5.41, 5.74) is 0. The molecule has 0 heterocycles. The molecule has 0 aromatic rings. The Labute approximate surface area is 176 Å². The lowest BCUT2D eigenvalue weighted by molar-refractivity contribution is -0.162. The number of hydrogen-bond acceptors (Lipinski definition) is 5. The summed E-state index contributed by atoms with van der Waals surface area (Å²) in [4.78, 5) is 34.9. The van der Waals surface area contributed by atoms with Crippen molar-refractivity contribution in [3.05, 3.63) is 0 Å². The highest BCUT2D eigenvalue weighted by molar-refractivity contribution is 5.93. The molecule has 4 atom stereocenters. The van der Waals surface area contributed by atoms with E-state index in [1.54, 1.807) is 0 Å². The van der Waals surface area contributed by atoms with Crippen LogP contribution in [0.2, 0.25) is 0 Å². The van der Waals surface area contributed by atoms with Gasteiger partial charge in [0.15, 0.2) is 5.92 Å². The maximum absolute atomic E-state index is 12.0. The average molecular weight is 414 g/mol. The fraction of sp³-hybridized carbons (Fsp3) is 0.870. The second kappa shape index (κ2) is 16.2. The first kappa shape index (κ1) is 27.4. The summed E-state index contributed by atoms with van der Waals surface area (Å²) in [5.74, 6) is -2.46. The second-order valence-electron chi connectivity index (χ2n) is 8.35. The number of ether oxygens (including phenoxy) is 2. The molecule has 0 aliphatic carbocycles. The van der Waals surface area contributed by atoms with E-state index in [4.69, 9.17) is 9.47 Å². The summed E-state index contributed by atoms with van der Waals surface area (Å²) in [5, 5.41) is 11.2. The van der Waals surface area contributed by atoms with Crippen molar-refractivity contribution in [2.45, 2.75) is 92.4 Å². The van der Waals surface area contributed by atoms with Crippen LogP contribution in [0.4, 0.5) is 0 Å². The maximum atomic E-state index is 12.0. The third-order valence-corrected chi connectivity index (χ3v) is 5.66. The van der Waals surface area contributed by atoms with Crippen LogP contribution in [0.25, 0.3) is 0 Å². The molecule has 0 amide bonds. The lowest BCUT2D eigenvalue weighted by Crippen LogP contribution is -2.25. The van der Waals surface area contributed by atoms with Gasteiger partial charge in [0.25, 0.3) is 0 Å². The summed E-state index contributed by atoms with van der Waals surface area (Å²) in [6.45, 7) is 10.8. The van der Waals surface area contributed by atoms with Gasteiger partial charge in [-0.15, -0.1) is 0 Å². The Hall–Kier alpha value is -1.59. The molecule has 0 saturated heterocycles. The molecule has 6 heteroatoms. The van der Waals surface area contributed by atoms with Gasteiger partial charge >= 0.3 is 17.9 Å². The molecular weight excluding hydrogens is 372 g/mol. The standard InChI is InChI=1S/C23H41O6/c1-6-17(3)12-10-13-20(21(24)25)23(27)28-15-9-8-11-18(4)14-16-29-22(26)19(5)7-2/h17-20H,6-16H2,1-5H3. The van der Waals surface area contributed by atoms with Gasteiger partial charge in [-0.25, -0.2) is 9.90 Å². The van der Waals surface area contributed by atoms with E-state index in [2.05, 4.69) is 20.8 Å². The SMILES string of the molecule is CCC(C)CCCC(C([O])=O)C(=O)OCCCCC(C)CCOC(=O)C(C)CC. The zero-order chi connectivity index (χ0) is 22.2. The molecule has 0 aliphatic rings. The zero-order valence-electron chi connectivity index (χ0n) is 19.0. The minimum absolute atomic E-state index is 0.0557. The van der Waals surface area contributed by atoms with Gasteiger partial charge in [-0.2, -0.15) is 0 Å². The zero-order valence-corrected chi connectivity index (χ0v) is 19.0. The van der Waals surface area contributed by atoms with E-state index in [0.717, 1.165) is 38.5 Å². The molecule has 169 valence electrons. The number of carbonyl (C=O) groups excluding carboxylic acids is 3. The van der Waals surface area contributed by atoms with Gasteiger partial charge in [0.1, 0.15) is 0 Å². The molecule has 0 aliphatic heterocycles. The van der Waals surface area contributed by atoms with Gasteiger partial charge < -0.3 is 9.47 Å². The fourth-order valence-electron chi connectivity index (χ4n) is 2.89. The molecule has 0 rings (SSSR count). The normalized spacial score (nSPS) is 15.2. The van der Waals surface area contributed by atoms with Gasteiger partial charge in [0.2, 0.25) is 0 Å². The van der Waals surface area contributed by atoms with Crippen molar-refractivity contribution in [3.8, 4) is 0 Å². The van der Waals surface area contributed by atoms with E-state index in [1.807, 2.05) is 13.8 Å². The van der Waals surface area contributed by atoms with Crippen molar-refractivity contribution < 1.29 is 29.0 Å². The van der Waals surface area contributed by atoms with E-state index < -0.39 is 17.9 Å².